The van der Waals surface area contributed by atoms with E-state index in [2.05, 4.69) is 4.74 Å². The average Bonchev–Trinajstić information content (AvgIpc) is 2.02. The Bertz CT molecular complexity index is 139. The number of halogens is 3. The van der Waals surface area contributed by atoms with Crippen LogP contribution in [0.5, 0.6) is 0 Å². The van der Waals surface area contributed by atoms with Gasteiger partial charge in [-0.25, -0.2) is 0 Å². The highest BCUT2D eigenvalue weighted by molar-refractivity contribution is 4.54. The number of hydrogen-bond donors (Lipinski definition) is 1. The molecule has 0 aromatic rings. The molecule has 0 aliphatic carbocycles. The predicted octanol–water partition coefficient (Wildman–Crippen LogP) is 2.33. The third-order valence-corrected chi connectivity index (χ3v) is 1.91. The van der Waals surface area contributed by atoms with E-state index in [9.17, 15) is 13.2 Å². The molecule has 14 heavy (non-hydrogen) atoms. The first-order valence-corrected chi connectivity index (χ1v) is 4.80. The molecule has 0 bridgehead atoms. The van der Waals surface area contributed by atoms with Crippen molar-refractivity contribution in [3.63, 3.8) is 0 Å². The highest BCUT2D eigenvalue weighted by Crippen LogP contribution is 2.15. The average molecular weight is 213 g/mol. The summed E-state index contributed by atoms with van der Waals surface area (Å²) in [5.74, 6) is 0.467. The third kappa shape index (κ3) is 9.80. The second kappa shape index (κ2) is 7.06. The van der Waals surface area contributed by atoms with Crippen molar-refractivity contribution in [2.45, 2.75) is 32.4 Å². The predicted molar refractivity (Wildman–Crippen MR) is 48.9 cm³/mol. The number of hydrogen-bond acceptors (Lipinski definition) is 2. The Balaban J connectivity index is 3.21. The van der Waals surface area contributed by atoms with Crippen LogP contribution in [0, 0.1) is 5.92 Å². The van der Waals surface area contributed by atoms with Crippen molar-refractivity contribution < 1.29 is 17.9 Å². The molecule has 0 aromatic heterocycles. The van der Waals surface area contributed by atoms with Gasteiger partial charge in [0, 0.05) is 6.61 Å². The first kappa shape index (κ1) is 13.7. The summed E-state index contributed by atoms with van der Waals surface area (Å²) in [5.41, 5.74) is 5.34. The van der Waals surface area contributed by atoms with Gasteiger partial charge in [0.05, 0.1) is 0 Å². The zero-order valence-corrected chi connectivity index (χ0v) is 8.44. The van der Waals surface area contributed by atoms with Gasteiger partial charge in [0.2, 0.25) is 0 Å². The van der Waals surface area contributed by atoms with Crippen LogP contribution in [0.1, 0.15) is 26.2 Å². The minimum absolute atomic E-state index is 0.175. The van der Waals surface area contributed by atoms with Gasteiger partial charge in [0.15, 0.2) is 0 Å². The molecule has 1 unspecified atom stereocenters. The summed E-state index contributed by atoms with van der Waals surface area (Å²) in [7, 11) is 0. The van der Waals surface area contributed by atoms with E-state index in [0.717, 1.165) is 12.8 Å². The maximum Gasteiger partial charge on any atom is 0.411 e. The Morgan fingerprint density at radius 3 is 2.43 bits per heavy atom. The molecule has 0 spiro atoms. The molecule has 0 fully saturated rings. The third-order valence-electron chi connectivity index (χ3n) is 1.91. The highest BCUT2D eigenvalue weighted by atomic mass is 19.4. The molecule has 0 aromatic carbocycles. The topological polar surface area (TPSA) is 35.2 Å². The molecule has 0 aliphatic heterocycles. The number of rotatable bonds is 7. The normalized spacial score (nSPS) is 14.4. The summed E-state index contributed by atoms with van der Waals surface area (Å²) in [6.45, 7) is 1.70. The van der Waals surface area contributed by atoms with E-state index in [1.165, 1.54) is 0 Å². The molecule has 0 saturated carbocycles. The van der Waals surface area contributed by atoms with E-state index >= 15 is 0 Å². The molecule has 86 valence electrons. The summed E-state index contributed by atoms with van der Waals surface area (Å²) in [6.07, 6.45) is -1.76. The standard InChI is InChI=1S/C9H18F3NO/c1-8(4-5-13)3-2-6-14-7-9(10,11)12/h8H,2-7,13H2,1H3. The molecular formula is C9H18F3NO. The van der Waals surface area contributed by atoms with Gasteiger partial charge in [0.25, 0.3) is 0 Å². The maximum atomic E-state index is 11.6. The van der Waals surface area contributed by atoms with Crippen molar-refractivity contribution >= 4 is 0 Å². The number of alkyl halides is 3. The number of ether oxygens (including phenoxy) is 1. The minimum Gasteiger partial charge on any atom is -0.372 e. The van der Waals surface area contributed by atoms with Crippen LogP contribution in [-0.4, -0.2) is 25.9 Å². The SMILES string of the molecule is CC(CCN)CCCOCC(F)(F)F. The van der Waals surface area contributed by atoms with E-state index < -0.39 is 12.8 Å². The summed E-state index contributed by atoms with van der Waals surface area (Å²) in [5, 5.41) is 0. The van der Waals surface area contributed by atoms with Crippen LogP contribution in [0.15, 0.2) is 0 Å². The van der Waals surface area contributed by atoms with Gasteiger partial charge in [-0.3, -0.25) is 0 Å². The van der Waals surface area contributed by atoms with Crippen molar-refractivity contribution in [2.75, 3.05) is 19.8 Å². The highest BCUT2D eigenvalue weighted by Gasteiger charge is 2.27. The largest absolute Gasteiger partial charge is 0.411 e. The van der Waals surface area contributed by atoms with Crippen LogP contribution in [0.4, 0.5) is 13.2 Å². The second-order valence-electron chi connectivity index (χ2n) is 3.49. The van der Waals surface area contributed by atoms with Crippen molar-refractivity contribution in [1.82, 2.24) is 0 Å². The fraction of sp³-hybridized carbons (Fsp3) is 1.00. The molecule has 0 rings (SSSR count). The van der Waals surface area contributed by atoms with Crippen LogP contribution in [0.25, 0.3) is 0 Å². The zero-order valence-electron chi connectivity index (χ0n) is 8.44. The van der Waals surface area contributed by atoms with Gasteiger partial charge in [-0.15, -0.1) is 0 Å². The first-order valence-electron chi connectivity index (χ1n) is 4.80. The van der Waals surface area contributed by atoms with Crippen LogP contribution in [0.3, 0.4) is 0 Å². The lowest BCUT2D eigenvalue weighted by molar-refractivity contribution is -0.174. The Morgan fingerprint density at radius 1 is 1.29 bits per heavy atom. The summed E-state index contributed by atoms with van der Waals surface area (Å²) >= 11 is 0. The lowest BCUT2D eigenvalue weighted by Crippen LogP contribution is -2.17. The van der Waals surface area contributed by atoms with Crippen LogP contribution < -0.4 is 5.73 Å². The van der Waals surface area contributed by atoms with Gasteiger partial charge in [-0.2, -0.15) is 13.2 Å². The van der Waals surface area contributed by atoms with Crippen molar-refractivity contribution in [3.8, 4) is 0 Å². The van der Waals surface area contributed by atoms with Gasteiger partial charge in [-0.05, 0) is 31.7 Å². The summed E-state index contributed by atoms with van der Waals surface area (Å²) in [6, 6.07) is 0. The Labute approximate surface area is 82.6 Å². The quantitative estimate of drug-likeness (QED) is 0.659. The van der Waals surface area contributed by atoms with Crippen molar-refractivity contribution in [3.05, 3.63) is 0 Å². The minimum atomic E-state index is -4.21. The summed E-state index contributed by atoms with van der Waals surface area (Å²) < 4.78 is 39.3. The monoisotopic (exact) mass is 213 g/mol. The molecule has 0 amide bonds. The Morgan fingerprint density at radius 2 is 1.93 bits per heavy atom. The molecule has 0 heterocycles. The van der Waals surface area contributed by atoms with Crippen molar-refractivity contribution in [1.29, 1.82) is 0 Å². The summed E-state index contributed by atoms with van der Waals surface area (Å²) in [4.78, 5) is 0. The van der Waals surface area contributed by atoms with E-state index in [1.54, 1.807) is 0 Å². The lowest BCUT2D eigenvalue weighted by Gasteiger charge is -2.10. The van der Waals surface area contributed by atoms with Crippen LogP contribution in [-0.2, 0) is 4.74 Å². The molecule has 0 radical (unpaired) electrons. The molecule has 2 N–H and O–H groups in total. The second-order valence-corrected chi connectivity index (χ2v) is 3.49. The van der Waals surface area contributed by atoms with Gasteiger partial charge in [-0.1, -0.05) is 6.92 Å². The number of nitrogens with two attached hydrogens (primary N) is 1. The zero-order chi connectivity index (χ0) is 11.0. The smallest absolute Gasteiger partial charge is 0.372 e. The van der Waals surface area contributed by atoms with E-state index in [0.29, 0.717) is 18.9 Å². The van der Waals surface area contributed by atoms with E-state index in [4.69, 9.17) is 5.73 Å². The first-order chi connectivity index (χ1) is 6.45. The van der Waals surface area contributed by atoms with Gasteiger partial charge >= 0.3 is 6.18 Å². The fourth-order valence-electron chi connectivity index (χ4n) is 1.15. The molecule has 0 saturated heterocycles. The maximum absolute atomic E-state index is 11.6. The van der Waals surface area contributed by atoms with Crippen LogP contribution >= 0.6 is 0 Å². The molecule has 1 atom stereocenters. The van der Waals surface area contributed by atoms with Gasteiger partial charge < -0.3 is 10.5 Å². The molecule has 5 heteroatoms. The van der Waals surface area contributed by atoms with Crippen molar-refractivity contribution in [2.24, 2.45) is 11.7 Å². The lowest BCUT2D eigenvalue weighted by atomic mass is 10.0. The van der Waals surface area contributed by atoms with Crippen LogP contribution in [0.2, 0.25) is 0 Å². The fourth-order valence-corrected chi connectivity index (χ4v) is 1.15. The Kier molecular flexibility index (Phi) is 6.92. The molecule has 0 aliphatic rings. The van der Waals surface area contributed by atoms with E-state index in [-0.39, 0.29) is 6.61 Å². The molecule has 2 nitrogen and oxygen atoms in total. The molecular weight excluding hydrogens is 195 g/mol. The Hall–Kier alpha value is -0.290. The van der Waals surface area contributed by atoms with Gasteiger partial charge in [0.1, 0.15) is 6.61 Å². The van der Waals surface area contributed by atoms with E-state index in [1.807, 2.05) is 6.92 Å².